The van der Waals surface area contributed by atoms with Gasteiger partial charge in [0.2, 0.25) is 0 Å². The third-order valence-corrected chi connectivity index (χ3v) is 7.42. The summed E-state index contributed by atoms with van der Waals surface area (Å²) in [4.78, 5) is 0. The maximum Gasteiger partial charge on any atom is 0.00650 e. The van der Waals surface area contributed by atoms with Gasteiger partial charge >= 0.3 is 0 Å². The minimum absolute atomic E-state index is 0.925. The average Bonchev–Trinajstić information content (AvgIpc) is 2.24. The minimum atomic E-state index is -0.925. The van der Waals surface area contributed by atoms with Crippen molar-refractivity contribution in [3.05, 3.63) is 0 Å². The lowest BCUT2D eigenvalue weighted by molar-refractivity contribution is 0.425. The number of hydrogen-bond acceptors (Lipinski definition) is 3. The Morgan fingerprint density at radius 3 is 1.07 bits per heavy atom. The van der Waals surface area contributed by atoms with Crippen LogP contribution >= 0.6 is 10.6 Å². The van der Waals surface area contributed by atoms with Gasteiger partial charge in [0.05, 0.1) is 0 Å². The van der Waals surface area contributed by atoms with Gasteiger partial charge < -0.3 is 0 Å². The van der Waals surface area contributed by atoms with Crippen molar-refractivity contribution in [2.45, 2.75) is 20.8 Å². The summed E-state index contributed by atoms with van der Waals surface area (Å²) < 4.78 is 7.38. The summed E-state index contributed by atoms with van der Waals surface area (Å²) in [6.45, 7) is 9.95. The SMILES string of the molecule is CCN(C)S(C)(N(C)CC)N(C)CC. The highest BCUT2D eigenvalue weighted by Crippen LogP contribution is 2.51. The molecule has 0 rings (SSSR count). The van der Waals surface area contributed by atoms with E-state index in [2.05, 4.69) is 61.1 Å². The summed E-state index contributed by atoms with van der Waals surface area (Å²) in [6, 6.07) is 0. The highest BCUT2D eigenvalue weighted by Gasteiger charge is 2.29. The fraction of sp³-hybridized carbons (Fsp3) is 1.00. The van der Waals surface area contributed by atoms with E-state index in [9.17, 15) is 0 Å². The van der Waals surface area contributed by atoms with Crippen molar-refractivity contribution in [1.29, 1.82) is 0 Å². The zero-order valence-electron chi connectivity index (χ0n) is 10.9. The van der Waals surface area contributed by atoms with E-state index in [1.165, 1.54) is 0 Å². The predicted octanol–water partition coefficient (Wildman–Crippen LogP) is 2.02. The van der Waals surface area contributed by atoms with Crippen LogP contribution in [0.25, 0.3) is 0 Å². The molecule has 0 unspecified atom stereocenters. The smallest absolute Gasteiger partial charge is 0.00650 e. The van der Waals surface area contributed by atoms with Gasteiger partial charge in [-0.3, -0.25) is 0 Å². The van der Waals surface area contributed by atoms with Crippen LogP contribution in [0, 0.1) is 0 Å². The molecule has 3 nitrogen and oxygen atoms in total. The molecular weight excluding hydrogens is 194 g/mol. The Morgan fingerprint density at radius 1 is 0.714 bits per heavy atom. The maximum absolute atomic E-state index is 2.46. The van der Waals surface area contributed by atoms with E-state index in [1.54, 1.807) is 0 Å². The topological polar surface area (TPSA) is 9.72 Å². The Kier molecular flexibility index (Phi) is 6.05. The zero-order chi connectivity index (χ0) is 11.4. The summed E-state index contributed by atoms with van der Waals surface area (Å²) in [5.41, 5.74) is 0. The van der Waals surface area contributed by atoms with E-state index in [0.29, 0.717) is 0 Å². The standard InChI is InChI=1S/C10H27N3S/c1-8-11(4)14(7,12(5)9-2)13(6)10-3/h8-10H2,1-7H3. The predicted molar refractivity (Wildman–Crippen MR) is 68.4 cm³/mol. The molecule has 0 aromatic rings. The second kappa shape index (κ2) is 5.95. The van der Waals surface area contributed by atoms with E-state index < -0.39 is 10.6 Å². The maximum atomic E-state index is 2.46. The second-order valence-corrected chi connectivity index (χ2v) is 7.08. The number of rotatable bonds is 6. The molecule has 0 N–H and O–H groups in total. The van der Waals surface area contributed by atoms with E-state index in [0.717, 1.165) is 19.6 Å². The van der Waals surface area contributed by atoms with Gasteiger partial charge in [-0.2, -0.15) is 0 Å². The lowest BCUT2D eigenvalue weighted by atomic mass is 10.8. The summed E-state index contributed by atoms with van der Waals surface area (Å²) >= 11 is 0. The third-order valence-electron chi connectivity index (χ3n) is 3.11. The monoisotopic (exact) mass is 221 g/mol. The van der Waals surface area contributed by atoms with Crippen molar-refractivity contribution in [2.75, 3.05) is 47.0 Å². The molecule has 0 amide bonds. The van der Waals surface area contributed by atoms with Crippen molar-refractivity contribution in [3.63, 3.8) is 0 Å². The fourth-order valence-corrected chi connectivity index (χ4v) is 4.34. The second-order valence-electron chi connectivity index (χ2n) is 3.63. The molecule has 0 radical (unpaired) electrons. The normalized spacial score (nSPS) is 14.4. The Morgan fingerprint density at radius 2 is 0.929 bits per heavy atom. The lowest BCUT2D eigenvalue weighted by Gasteiger charge is -2.55. The van der Waals surface area contributed by atoms with Gasteiger partial charge in [0.15, 0.2) is 0 Å². The van der Waals surface area contributed by atoms with Crippen molar-refractivity contribution in [3.8, 4) is 0 Å². The summed E-state index contributed by atoms with van der Waals surface area (Å²) in [7, 11) is 5.72. The molecule has 0 fully saturated rings. The number of hydrogen-bond donors (Lipinski definition) is 0. The highest BCUT2D eigenvalue weighted by molar-refractivity contribution is 8.27. The van der Waals surface area contributed by atoms with Gasteiger partial charge in [0.25, 0.3) is 0 Å². The van der Waals surface area contributed by atoms with E-state index in [4.69, 9.17) is 0 Å². The fourth-order valence-electron chi connectivity index (χ4n) is 1.45. The average molecular weight is 221 g/mol. The van der Waals surface area contributed by atoms with Gasteiger partial charge in [-0.25, -0.2) is 12.9 Å². The first-order chi connectivity index (χ1) is 6.44. The minimum Gasteiger partial charge on any atom is -0.248 e. The van der Waals surface area contributed by atoms with Crippen molar-refractivity contribution in [2.24, 2.45) is 0 Å². The van der Waals surface area contributed by atoms with Crippen molar-refractivity contribution < 1.29 is 0 Å². The molecule has 0 aromatic heterocycles. The quantitative estimate of drug-likeness (QED) is 0.679. The number of nitrogens with zero attached hydrogens (tertiary/aromatic N) is 3. The highest BCUT2D eigenvalue weighted by atomic mass is 32.3. The Labute approximate surface area is 91.8 Å². The molecule has 0 saturated carbocycles. The van der Waals surface area contributed by atoms with Crippen LogP contribution in [0.15, 0.2) is 0 Å². The van der Waals surface area contributed by atoms with E-state index in [-0.39, 0.29) is 0 Å². The zero-order valence-corrected chi connectivity index (χ0v) is 11.7. The van der Waals surface area contributed by atoms with Crippen molar-refractivity contribution in [1.82, 2.24) is 12.9 Å². The summed E-state index contributed by atoms with van der Waals surface area (Å²) in [5, 5.41) is 0. The van der Waals surface area contributed by atoms with Crippen LogP contribution in [0.5, 0.6) is 0 Å². The molecule has 0 aliphatic carbocycles. The van der Waals surface area contributed by atoms with Gasteiger partial charge in [-0.1, -0.05) is 31.4 Å². The van der Waals surface area contributed by atoms with E-state index >= 15 is 0 Å². The molecule has 0 aromatic carbocycles. The molecule has 0 bridgehead atoms. The summed E-state index contributed by atoms with van der Waals surface area (Å²) in [5.74, 6) is 0. The van der Waals surface area contributed by atoms with Crippen LogP contribution < -0.4 is 0 Å². The molecule has 88 valence electrons. The first-order valence-electron chi connectivity index (χ1n) is 5.37. The van der Waals surface area contributed by atoms with Crippen molar-refractivity contribution >= 4 is 10.6 Å². The van der Waals surface area contributed by atoms with Crippen LogP contribution in [0.1, 0.15) is 20.8 Å². The molecular formula is C10H27N3S. The molecule has 0 aliphatic heterocycles. The van der Waals surface area contributed by atoms with Crippen LogP contribution in [0.4, 0.5) is 0 Å². The molecule has 0 aliphatic rings. The Bertz CT molecular complexity index is 137. The largest absolute Gasteiger partial charge is 0.248 e. The van der Waals surface area contributed by atoms with E-state index in [1.807, 2.05) is 0 Å². The molecule has 0 atom stereocenters. The first-order valence-corrected chi connectivity index (χ1v) is 7.28. The summed E-state index contributed by atoms with van der Waals surface area (Å²) in [6.07, 6.45) is 2.36. The van der Waals surface area contributed by atoms with Gasteiger partial charge in [-0.15, -0.1) is 0 Å². The molecule has 4 heteroatoms. The lowest BCUT2D eigenvalue weighted by Crippen LogP contribution is -2.44. The Balaban J connectivity index is 4.83. The van der Waals surface area contributed by atoms with Gasteiger partial charge in [0, 0.05) is 25.9 Å². The van der Waals surface area contributed by atoms with Crippen LogP contribution in [0.2, 0.25) is 0 Å². The molecule has 14 heavy (non-hydrogen) atoms. The van der Waals surface area contributed by atoms with Crippen LogP contribution in [-0.2, 0) is 0 Å². The molecule has 0 spiro atoms. The molecule has 0 heterocycles. The van der Waals surface area contributed by atoms with Gasteiger partial charge in [0.1, 0.15) is 0 Å². The molecule has 0 saturated heterocycles. The van der Waals surface area contributed by atoms with Crippen LogP contribution in [-0.4, -0.2) is 59.9 Å². The van der Waals surface area contributed by atoms with Crippen LogP contribution in [0.3, 0.4) is 0 Å². The Hall–Kier alpha value is 0.230. The van der Waals surface area contributed by atoms with Gasteiger partial charge in [-0.05, 0) is 21.1 Å². The first kappa shape index (κ1) is 14.2. The third kappa shape index (κ3) is 2.63.